The first-order chi connectivity index (χ1) is 14.7. The quantitative estimate of drug-likeness (QED) is 0.356. The Morgan fingerprint density at radius 3 is 2.68 bits per heavy atom. The lowest BCUT2D eigenvalue weighted by Gasteiger charge is -2.07. The molecule has 0 radical (unpaired) electrons. The Morgan fingerprint density at radius 1 is 1.32 bits per heavy atom. The van der Waals surface area contributed by atoms with Gasteiger partial charge in [-0.25, -0.2) is 9.78 Å². The number of amides is 1. The fourth-order valence-electron chi connectivity index (χ4n) is 3.31. The smallest absolute Gasteiger partial charge is 0.397 e. The van der Waals surface area contributed by atoms with E-state index >= 15 is 0 Å². The molecule has 0 unspecified atom stereocenters. The minimum atomic E-state index is -0.711. The van der Waals surface area contributed by atoms with Crippen LogP contribution in [-0.2, 0) is 7.05 Å². The summed E-state index contributed by atoms with van der Waals surface area (Å²) in [7, 11) is 1.54. The summed E-state index contributed by atoms with van der Waals surface area (Å²) in [6.07, 6.45) is 0. The van der Waals surface area contributed by atoms with Crippen molar-refractivity contribution in [2.45, 2.75) is 13.8 Å². The van der Waals surface area contributed by atoms with Gasteiger partial charge in [0.15, 0.2) is 7.05 Å². The van der Waals surface area contributed by atoms with Gasteiger partial charge in [-0.2, -0.15) is 5.26 Å². The highest BCUT2D eigenvalue weighted by atomic mass is 32.1. The zero-order valence-electron chi connectivity index (χ0n) is 16.9. The molecule has 3 heterocycles. The number of benzene rings is 1. The van der Waals surface area contributed by atoms with Gasteiger partial charge in [0.05, 0.1) is 16.6 Å². The molecule has 0 bridgehead atoms. The van der Waals surface area contributed by atoms with E-state index in [1.54, 1.807) is 13.1 Å². The molecule has 0 saturated heterocycles. The van der Waals surface area contributed by atoms with E-state index in [0.29, 0.717) is 15.9 Å². The minimum Gasteiger partial charge on any atom is -0.397 e. The molecule has 0 aliphatic carbocycles. The summed E-state index contributed by atoms with van der Waals surface area (Å²) in [5, 5.41) is 15.2. The van der Waals surface area contributed by atoms with Crippen molar-refractivity contribution in [2.75, 3.05) is 16.8 Å². The van der Waals surface area contributed by atoms with Crippen molar-refractivity contribution < 1.29 is 14.0 Å². The standard InChI is InChI=1S/C20H17N7O3S/c1-8-4-5-10(6-9(8)2)24-18(28)16-14(22)13-12(15-20(29)30-26-27(15)3)11(7-21)17(23)25-19(13)31-16/h4-6H,1-3H3,(H5-,22,23,24,25,26,28,29)/p+1. The van der Waals surface area contributed by atoms with Gasteiger partial charge in [0.1, 0.15) is 27.2 Å². The molecule has 0 aliphatic heterocycles. The molecule has 0 fully saturated rings. The van der Waals surface area contributed by atoms with Crippen LogP contribution in [0.15, 0.2) is 27.5 Å². The number of nitrogens with zero attached hydrogens (tertiary/aromatic N) is 3. The lowest BCUT2D eigenvalue weighted by Crippen LogP contribution is -2.34. The highest BCUT2D eigenvalue weighted by Crippen LogP contribution is 2.41. The summed E-state index contributed by atoms with van der Waals surface area (Å²) < 4.78 is 6.14. The first-order valence-corrected chi connectivity index (χ1v) is 9.92. The van der Waals surface area contributed by atoms with Gasteiger partial charge in [0, 0.05) is 5.69 Å². The molecule has 1 aromatic carbocycles. The van der Waals surface area contributed by atoms with Gasteiger partial charge in [-0.3, -0.25) is 9.32 Å². The molecule has 11 heteroatoms. The number of hydrogen-bond donors (Lipinski definition) is 4. The third-order valence-electron chi connectivity index (χ3n) is 5.03. The first-order valence-electron chi connectivity index (χ1n) is 9.11. The molecule has 0 atom stereocenters. The van der Waals surface area contributed by atoms with Gasteiger partial charge in [-0.05, 0) is 42.4 Å². The molecule has 0 spiro atoms. The lowest BCUT2D eigenvalue weighted by molar-refractivity contribution is -0.730. The number of rotatable bonds is 3. The predicted octanol–water partition coefficient (Wildman–Crippen LogP) is 1.97. The maximum Gasteiger partial charge on any atom is 0.435 e. The van der Waals surface area contributed by atoms with Crippen molar-refractivity contribution in [3.05, 3.63) is 50.2 Å². The SMILES string of the molecule is Cc1ccc(NC(=O)c2sc3nc(N)c(C#N)c(-c4c(=O)o[nH][n+]4C)c3c2N)cc1C. The van der Waals surface area contributed by atoms with Crippen LogP contribution in [0.3, 0.4) is 0 Å². The Bertz CT molecular complexity index is 1470. The molecule has 31 heavy (non-hydrogen) atoms. The number of hydrogen-bond acceptors (Lipinski definition) is 8. The fourth-order valence-corrected chi connectivity index (χ4v) is 4.31. The highest BCUT2D eigenvalue weighted by molar-refractivity contribution is 7.21. The van der Waals surface area contributed by atoms with Crippen LogP contribution in [0, 0.1) is 25.2 Å². The van der Waals surface area contributed by atoms with Crippen LogP contribution in [0.2, 0.25) is 0 Å². The third-order valence-corrected chi connectivity index (χ3v) is 6.13. The Labute approximate surface area is 179 Å². The van der Waals surface area contributed by atoms with E-state index in [1.165, 1.54) is 4.68 Å². The topological polar surface area (TPSA) is 168 Å². The van der Waals surface area contributed by atoms with Crippen LogP contribution in [0.1, 0.15) is 26.4 Å². The summed E-state index contributed by atoms with van der Waals surface area (Å²) in [6.45, 7) is 3.93. The first kappa shape index (κ1) is 20.1. The van der Waals surface area contributed by atoms with Gasteiger partial charge in [0.25, 0.3) is 5.91 Å². The van der Waals surface area contributed by atoms with E-state index in [2.05, 4.69) is 15.6 Å². The fraction of sp³-hybridized carbons (Fsp3) is 0.150. The van der Waals surface area contributed by atoms with Crippen LogP contribution in [-0.4, -0.2) is 16.2 Å². The molecular weight excluding hydrogens is 418 g/mol. The zero-order chi connectivity index (χ0) is 22.4. The van der Waals surface area contributed by atoms with Crippen LogP contribution in [0.4, 0.5) is 17.2 Å². The number of nitrogens with one attached hydrogen (secondary N) is 2. The maximum absolute atomic E-state index is 13.0. The number of nitrogens with two attached hydrogens (primary N) is 2. The van der Waals surface area contributed by atoms with E-state index in [9.17, 15) is 14.9 Å². The summed E-state index contributed by atoms with van der Waals surface area (Å²) in [5.74, 6) is -0.509. The van der Waals surface area contributed by atoms with Gasteiger partial charge in [0.2, 0.25) is 0 Å². The monoisotopic (exact) mass is 436 g/mol. The number of aryl methyl sites for hydroxylation is 3. The minimum absolute atomic E-state index is 0.0272. The van der Waals surface area contributed by atoms with Crippen molar-refractivity contribution in [3.8, 4) is 17.3 Å². The number of carbonyl (C=O) groups is 1. The van der Waals surface area contributed by atoms with Crippen molar-refractivity contribution >= 4 is 44.7 Å². The van der Waals surface area contributed by atoms with Crippen LogP contribution in [0.25, 0.3) is 21.5 Å². The van der Waals surface area contributed by atoms with Crippen molar-refractivity contribution in [3.63, 3.8) is 0 Å². The second-order valence-electron chi connectivity index (χ2n) is 7.03. The largest absolute Gasteiger partial charge is 0.435 e. The van der Waals surface area contributed by atoms with E-state index in [-0.39, 0.29) is 33.2 Å². The Balaban J connectivity index is 1.92. The number of nitrogen functional groups attached to an aromatic ring is 2. The second-order valence-corrected chi connectivity index (χ2v) is 8.02. The van der Waals surface area contributed by atoms with Gasteiger partial charge in [-0.15, -0.1) is 11.3 Å². The van der Waals surface area contributed by atoms with Crippen molar-refractivity contribution in [2.24, 2.45) is 7.05 Å². The zero-order valence-corrected chi connectivity index (χ0v) is 17.7. The number of fused-ring (bicyclic) bond motifs is 1. The molecule has 1 amide bonds. The molecule has 0 saturated carbocycles. The number of pyridine rings is 1. The van der Waals surface area contributed by atoms with Gasteiger partial charge >= 0.3 is 11.3 Å². The van der Waals surface area contributed by atoms with E-state index in [1.807, 2.05) is 32.0 Å². The number of carbonyl (C=O) groups excluding carboxylic acids is 1. The van der Waals surface area contributed by atoms with E-state index in [4.69, 9.17) is 16.0 Å². The Kier molecular flexibility index (Phi) is 4.71. The number of nitriles is 1. The van der Waals surface area contributed by atoms with Gasteiger partial charge < -0.3 is 16.8 Å². The molecule has 10 nitrogen and oxygen atoms in total. The molecule has 6 N–H and O–H groups in total. The van der Waals surface area contributed by atoms with Crippen LogP contribution >= 0.6 is 11.3 Å². The number of aromatic amines is 1. The van der Waals surface area contributed by atoms with Crippen molar-refractivity contribution in [1.82, 2.24) is 10.3 Å². The summed E-state index contributed by atoms with van der Waals surface area (Å²) in [4.78, 5) is 30.0. The van der Waals surface area contributed by atoms with E-state index < -0.39 is 11.5 Å². The average Bonchev–Trinajstić information content (AvgIpc) is 3.22. The normalized spacial score (nSPS) is 10.9. The third kappa shape index (κ3) is 3.19. The van der Waals surface area contributed by atoms with Crippen LogP contribution < -0.4 is 27.1 Å². The average molecular weight is 436 g/mol. The summed E-state index contributed by atoms with van der Waals surface area (Å²) in [5.41, 5.74) is 14.6. The lowest BCUT2D eigenvalue weighted by atomic mass is 10.0. The number of H-pyrrole nitrogens is 1. The molecular formula is C20H18N7O3S+. The summed E-state index contributed by atoms with van der Waals surface area (Å²) >= 11 is 1.03. The molecule has 4 aromatic rings. The highest BCUT2D eigenvalue weighted by Gasteiger charge is 2.32. The maximum atomic E-state index is 13.0. The van der Waals surface area contributed by atoms with Gasteiger partial charge in [-0.1, -0.05) is 10.7 Å². The predicted molar refractivity (Wildman–Crippen MR) is 117 cm³/mol. The molecule has 3 aromatic heterocycles. The molecule has 156 valence electrons. The van der Waals surface area contributed by atoms with Crippen LogP contribution in [0.5, 0.6) is 0 Å². The number of aromatic nitrogens is 3. The van der Waals surface area contributed by atoms with E-state index in [0.717, 1.165) is 22.5 Å². The number of anilines is 3. The Hall–Kier alpha value is -4.17. The van der Waals surface area contributed by atoms with Crippen molar-refractivity contribution in [1.29, 1.82) is 5.26 Å². The Morgan fingerprint density at radius 2 is 2.06 bits per heavy atom. The summed E-state index contributed by atoms with van der Waals surface area (Å²) in [6, 6.07) is 7.53. The second kappa shape index (κ2) is 7.26. The molecule has 4 rings (SSSR count). The molecule has 0 aliphatic rings. The number of thiophene rings is 1.